The van der Waals surface area contributed by atoms with Crippen molar-refractivity contribution in [3.63, 3.8) is 0 Å². The van der Waals surface area contributed by atoms with Gasteiger partial charge in [-0.3, -0.25) is 14.3 Å². The van der Waals surface area contributed by atoms with E-state index >= 15 is 0 Å². The Hall–Kier alpha value is -2.87. The minimum absolute atomic E-state index is 0.150. The van der Waals surface area contributed by atoms with Crippen molar-refractivity contribution >= 4 is 35.1 Å². The zero-order valence-electron chi connectivity index (χ0n) is 16.2. The molecule has 0 aliphatic heterocycles. The fourth-order valence-electron chi connectivity index (χ4n) is 2.53. The van der Waals surface area contributed by atoms with Gasteiger partial charge in [-0.25, -0.2) is 4.79 Å². The largest absolute Gasteiger partial charge is 0.452 e. The number of aromatic nitrogens is 2. The van der Waals surface area contributed by atoms with Crippen molar-refractivity contribution in [3.8, 4) is 0 Å². The first-order valence-electron chi connectivity index (χ1n) is 8.75. The summed E-state index contributed by atoms with van der Waals surface area (Å²) in [4.78, 5) is 36.1. The topological polar surface area (TPSA) is 102 Å². The van der Waals surface area contributed by atoms with E-state index in [9.17, 15) is 14.4 Å². The Labute approximate surface area is 168 Å². The molecule has 0 fully saturated rings. The van der Waals surface area contributed by atoms with Crippen LogP contribution in [-0.4, -0.2) is 41.2 Å². The maximum atomic E-state index is 12.3. The van der Waals surface area contributed by atoms with Crippen molar-refractivity contribution < 1.29 is 19.1 Å². The van der Waals surface area contributed by atoms with E-state index in [1.165, 1.54) is 13.1 Å². The van der Waals surface area contributed by atoms with Crippen molar-refractivity contribution in [2.45, 2.75) is 27.3 Å². The second kappa shape index (κ2) is 9.36. The number of hydrogen-bond donors (Lipinski definition) is 2. The second-order valence-electron chi connectivity index (χ2n) is 6.61. The van der Waals surface area contributed by atoms with E-state index in [0.29, 0.717) is 29.4 Å². The highest BCUT2D eigenvalue weighted by Crippen LogP contribution is 2.22. The number of esters is 1. The van der Waals surface area contributed by atoms with Crippen LogP contribution in [0.1, 0.15) is 40.3 Å². The second-order valence-corrected chi connectivity index (χ2v) is 6.97. The van der Waals surface area contributed by atoms with Gasteiger partial charge in [-0.1, -0.05) is 31.5 Å². The summed E-state index contributed by atoms with van der Waals surface area (Å²) >= 11 is 6.24. The fourth-order valence-corrected chi connectivity index (χ4v) is 2.86. The molecule has 150 valence electrons. The lowest BCUT2D eigenvalue weighted by Gasteiger charge is -2.08. The van der Waals surface area contributed by atoms with E-state index in [1.54, 1.807) is 29.8 Å². The minimum atomic E-state index is -0.716. The molecular weight excluding hydrogens is 384 g/mol. The first kappa shape index (κ1) is 21.4. The first-order chi connectivity index (χ1) is 13.2. The Morgan fingerprint density at radius 3 is 2.64 bits per heavy atom. The van der Waals surface area contributed by atoms with Crippen molar-refractivity contribution in [2.75, 3.05) is 19.0 Å². The molecule has 1 aromatic heterocycles. The third kappa shape index (κ3) is 5.32. The molecule has 0 aliphatic carbocycles. The van der Waals surface area contributed by atoms with Gasteiger partial charge in [0.1, 0.15) is 10.7 Å². The Kier molecular flexibility index (Phi) is 7.17. The van der Waals surface area contributed by atoms with Gasteiger partial charge in [-0.05, 0) is 31.0 Å². The summed E-state index contributed by atoms with van der Waals surface area (Å²) in [5.74, 6) is -1.22. The summed E-state index contributed by atoms with van der Waals surface area (Å²) < 4.78 is 6.62. The van der Waals surface area contributed by atoms with Crippen LogP contribution in [0.5, 0.6) is 0 Å². The monoisotopic (exact) mass is 406 g/mol. The van der Waals surface area contributed by atoms with Gasteiger partial charge < -0.3 is 15.4 Å². The number of carbonyl (C=O) groups is 3. The average molecular weight is 407 g/mol. The lowest BCUT2D eigenvalue weighted by molar-refractivity contribution is -0.119. The predicted octanol–water partition coefficient (Wildman–Crippen LogP) is 2.66. The van der Waals surface area contributed by atoms with Gasteiger partial charge >= 0.3 is 5.97 Å². The highest BCUT2D eigenvalue weighted by atomic mass is 35.5. The summed E-state index contributed by atoms with van der Waals surface area (Å²) in [5.41, 5.74) is 1.41. The van der Waals surface area contributed by atoms with Crippen molar-refractivity contribution in [3.05, 3.63) is 46.2 Å². The van der Waals surface area contributed by atoms with Gasteiger partial charge in [0, 0.05) is 24.8 Å². The number of hydrogen-bond acceptors (Lipinski definition) is 5. The van der Waals surface area contributed by atoms with Crippen LogP contribution in [0, 0.1) is 12.8 Å². The van der Waals surface area contributed by atoms with Crippen LogP contribution < -0.4 is 10.6 Å². The molecule has 2 aromatic rings. The lowest BCUT2D eigenvalue weighted by Crippen LogP contribution is -2.22. The molecule has 0 spiro atoms. The van der Waals surface area contributed by atoms with E-state index in [0.717, 1.165) is 0 Å². The van der Waals surface area contributed by atoms with E-state index in [4.69, 9.17) is 16.3 Å². The van der Waals surface area contributed by atoms with Crippen LogP contribution >= 0.6 is 11.6 Å². The zero-order chi connectivity index (χ0) is 20.8. The SMILES string of the molecule is CNC(=O)c1cccc(NC(=O)COC(=O)c2c(C)nn(CC(C)C)c2Cl)c1. The van der Waals surface area contributed by atoms with Crippen molar-refractivity contribution in [1.82, 2.24) is 15.1 Å². The Morgan fingerprint density at radius 2 is 2.00 bits per heavy atom. The van der Waals surface area contributed by atoms with E-state index in [1.807, 2.05) is 13.8 Å². The van der Waals surface area contributed by atoms with Crippen LogP contribution in [0.25, 0.3) is 0 Å². The van der Waals surface area contributed by atoms with Gasteiger partial charge in [0.25, 0.3) is 11.8 Å². The summed E-state index contributed by atoms with van der Waals surface area (Å²) in [6, 6.07) is 6.41. The van der Waals surface area contributed by atoms with Gasteiger partial charge in [-0.15, -0.1) is 0 Å². The van der Waals surface area contributed by atoms with E-state index < -0.39 is 18.5 Å². The Bertz CT molecular complexity index is 892. The predicted molar refractivity (Wildman–Crippen MR) is 106 cm³/mol. The van der Waals surface area contributed by atoms with E-state index in [2.05, 4.69) is 15.7 Å². The number of carbonyl (C=O) groups excluding carboxylic acids is 3. The Balaban J connectivity index is 1.99. The average Bonchev–Trinajstić information content (AvgIpc) is 2.92. The molecule has 1 heterocycles. The van der Waals surface area contributed by atoms with Crippen LogP contribution in [0.4, 0.5) is 5.69 Å². The molecule has 0 unspecified atom stereocenters. The molecule has 0 atom stereocenters. The molecule has 2 rings (SSSR count). The number of rotatable bonds is 7. The quantitative estimate of drug-likeness (QED) is 0.688. The van der Waals surface area contributed by atoms with E-state index in [-0.39, 0.29) is 16.6 Å². The Morgan fingerprint density at radius 1 is 1.29 bits per heavy atom. The summed E-state index contributed by atoms with van der Waals surface area (Å²) in [7, 11) is 1.52. The number of ether oxygens (including phenoxy) is 1. The molecule has 9 heteroatoms. The number of anilines is 1. The van der Waals surface area contributed by atoms with Gasteiger partial charge in [0.15, 0.2) is 6.61 Å². The van der Waals surface area contributed by atoms with Crippen molar-refractivity contribution in [1.29, 1.82) is 0 Å². The third-order valence-corrected chi connectivity index (χ3v) is 4.16. The van der Waals surface area contributed by atoms with Crippen LogP contribution in [-0.2, 0) is 16.1 Å². The number of aryl methyl sites for hydroxylation is 1. The van der Waals surface area contributed by atoms with Crippen LogP contribution in [0.15, 0.2) is 24.3 Å². The summed E-state index contributed by atoms with van der Waals surface area (Å²) in [5, 5.41) is 9.52. The molecule has 0 aliphatic rings. The fraction of sp³-hybridized carbons (Fsp3) is 0.368. The standard InChI is InChI=1S/C19H23ClN4O4/c1-11(2)9-24-17(20)16(12(3)23-24)19(27)28-10-15(25)22-14-7-5-6-13(8-14)18(26)21-4/h5-8,11H,9-10H2,1-4H3,(H,21,26)(H,22,25). The number of amides is 2. The summed E-state index contributed by atoms with van der Waals surface area (Å²) in [6.07, 6.45) is 0. The van der Waals surface area contributed by atoms with Gasteiger partial charge in [-0.2, -0.15) is 5.10 Å². The maximum absolute atomic E-state index is 12.3. The van der Waals surface area contributed by atoms with Crippen molar-refractivity contribution in [2.24, 2.45) is 5.92 Å². The minimum Gasteiger partial charge on any atom is -0.452 e. The molecule has 2 amide bonds. The number of nitrogens with zero attached hydrogens (tertiary/aromatic N) is 2. The third-order valence-electron chi connectivity index (χ3n) is 3.78. The molecular formula is C19H23ClN4O4. The number of nitrogens with one attached hydrogen (secondary N) is 2. The molecule has 1 aromatic carbocycles. The lowest BCUT2D eigenvalue weighted by atomic mass is 10.2. The maximum Gasteiger partial charge on any atom is 0.343 e. The van der Waals surface area contributed by atoms with Gasteiger partial charge in [0.2, 0.25) is 0 Å². The number of benzene rings is 1. The molecule has 0 radical (unpaired) electrons. The number of halogens is 1. The molecule has 28 heavy (non-hydrogen) atoms. The molecule has 2 N–H and O–H groups in total. The summed E-state index contributed by atoms with van der Waals surface area (Å²) in [6.45, 7) is 5.75. The highest BCUT2D eigenvalue weighted by Gasteiger charge is 2.22. The molecule has 0 saturated carbocycles. The smallest absolute Gasteiger partial charge is 0.343 e. The van der Waals surface area contributed by atoms with Crippen LogP contribution in [0.2, 0.25) is 5.15 Å². The zero-order valence-corrected chi connectivity index (χ0v) is 17.0. The normalized spacial score (nSPS) is 10.6. The molecule has 0 saturated heterocycles. The molecule has 0 bridgehead atoms. The van der Waals surface area contributed by atoms with Gasteiger partial charge in [0.05, 0.1) is 5.69 Å². The molecule has 8 nitrogen and oxygen atoms in total. The highest BCUT2D eigenvalue weighted by molar-refractivity contribution is 6.32. The van der Waals surface area contributed by atoms with Crippen LogP contribution in [0.3, 0.4) is 0 Å². The first-order valence-corrected chi connectivity index (χ1v) is 9.12.